The highest BCUT2D eigenvalue weighted by Crippen LogP contribution is 2.41. The first-order valence-corrected chi connectivity index (χ1v) is 10.6. The van der Waals surface area contributed by atoms with Crippen molar-refractivity contribution in [2.24, 2.45) is 11.5 Å². The Morgan fingerprint density at radius 1 is 1.33 bits per heavy atom. The van der Waals surface area contributed by atoms with Crippen LogP contribution in [0.1, 0.15) is 6.42 Å². The van der Waals surface area contributed by atoms with Crippen LogP contribution >= 0.6 is 0 Å². The molecule has 20 heteroatoms. The molecule has 3 aliphatic heterocycles. The minimum atomic E-state index is -5.29. The molecule has 3 aliphatic rings. The maximum Gasteiger partial charge on any atom is 0.420 e. The number of carbonyl (C=O) groups is 1. The van der Waals surface area contributed by atoms with E-state index in [0.717, 1.165) is 9.30 Å². The van der Waals surface area contributed by atoms with Crippen LogP contribution in [0.3, 0.4) is 0 Å². The Bertz CT molecular complexity index is 1040. The fraction of sp³-hybridized carbons (Fsp3) is 0.700. The van der Waals surface area contributed by atoms with E-state index in [2.05, 4.69) is 24.5 Å². The zero-order chi connectivity index (χ0) is 22.7. The number of carbonyl (C=O) groups excluding carboxylic acids is 1. The molecular weight excluding hydrogens is 458 g/mol. The van der Waals surface area contributed by atoms with Crippen molar-refractivity contribution < 1.29 is 59.4 Å². The van der Waals surface area contributed by atoms with Crippen LogP contribution in [0.4, 0.5) is 4.79 Å². The van der Waals surface area contributed by atoms with Crippen LogP contribution in [0.5, 0.6) is 0 Å². The van der Waals surface area contributed by atoms with Crippen molar-refractivity contribution in [1.29, 1.82) is 0 Å². The van der Waals surface area contributed by atoms with E-state index in [0.29, 0.717) is 0 Å². The van der Waals surface area contributed by atoms with Crippen LogP contribution in [-0.4, -0.2) is 95.1 Å². The molecule has 1 amide bonds. The summed E-state index contributed by atoms with van der Waals surface area (Å²) in [6, 6.07) is -2.35. The van der Waals surface area contributed by atoms with Gasteiger partial charge in [0.05, 0.1) is 6.42 Å². The average molecular weight is 475 g/mol. The largest absolute Gasteiger partial charge is 0.731 e. The molecule has 0 aromatic rings. The van der Waals surface area contributed by atoms with Crippen molar-refractivity contribution in [3.8, 4) is 0 Å². The van der Waals surface area contributed by atoms with Gasteiger partial charge >= 0.3 is 18.0 Å². The van der Waals surface area contributed by atoms with E-state index in [9.17, 15) is 40.9 Å². The summed E-state index contributed by atoms with van der Waals surface area (Å²) in [4.78, 5) is 14.0. The Morgan fingerprint density at radius 2 is 1.97 bits per heavy atom. The fourth-order valence-electron chi connectivity index (χ4n) is 3.79. The number of aliphatic hydroxyl groups is 2. The Labute approximate surface area is 168 Å². The predicted octanol–water partition coefficient (Wildman–Crippen LogP) is -8.58. The maximum atomic E-state index is 11.4. The highest BCUT2D eigenvalue weighted by Gasteiger charge is 2.77. The molecule has 3 rings (SSSR count). The van der Waals surface area contributed by atoms with Gasteiger partial charge in [0, 0.05) is 0 Å². The molecule has 0 unspecified atom stereocenters. The van der Waals surface area contributed by atoms with Gasteiger partial charge in [0.2, 0.25) is 22.4 Å². The maximum absolute atomic E-state index is 11.4. The van der Waals surface area contributed by atoms with Gasteiger partial charge in [-0.2, -0.15) is 4.58 Å². The summed E-state index contributed by atoms with van der Waals surface area (Å²) in [5, 5.41) is 26.3. The van der Waals surface area contributed by atoms with Gasteiger partial charge in [0.1, 0.15) is 12.6 Å². The number of rotatable bonds is 5. The number of nitrogens with two attached hydrogens (primary N) is 2. The number of ether oxygens (including phenoxy) is 1. The third kappa shape index (κ3) is 3.80. The second-order valence-electron chi connectivity index (χ2n) is 6.57. The second-order valence-corrected chi connectivity index (χ2v) is 8.69. The van der Waals surface area contributed by atoms with Crippen molar-refractivity contribution in [3.05, 3.63) is 0 Å². The van der Waals surface area contributed by atoms with Crippen LogP contribution in [0.15, 0.2) is 0 Å². The number of nitrogens with zero attached hydrogens (tertiary/aromatic N) is 1. The lowest BCUT2D eigenvalue weighted by Gasteiger charge is -2.40. The first kappa shape index (κ1) is 22.2. The van der Waals surface area contributed by atoms with Crippen molar-refractivity contribution >= 4 is 38.7 Å². The van der Waals surface area contributed by atoms with Gasteiger partial charge in [-0.25, -0.2) is 35.9 Å². The number of nitrogens with one attached hydrogen (secondary N) is 4. The monoisotopic (exact) mass is 475 g/mol. The van der Waals surface area contributed by atoms with E-state index in [1.54, 1.807) is 0 Å². The average Bonchev–Trinajstić information content (AvgIpc) is 2.96. The third-order valence-corrected chi connectivity index (χ3v) is 5.52. The molecule has 4 atom stereocenters. The van der Waals surface area contributed by atoms with E-state index in [1.807, 2.05) is 0 Å². The first-order chi connectivity index (χ1) is 13.6. The molecule has 10 N–H and O–H groups in total. The van der Waals surface area contributed by atoms with Crippen LogP contribution in [0, 0.1) is 0 Å². The molecule has 0 saturated carbocycles. The number of hydrogen-bond donors (Lipinski definition) is 8. The third-order valence-electron chi connectivity index (χ3n) is 4.65. The lowest BCUT2D eigenvalue weighted by Crippen LogP contribution is -2.91. The summed E-state index contributed by atoms with van der Waals surface area (Å²) in [7, 11) is -10.4. The number of amides is 1. The Morgan fingerprint density at radius 3 is 2.53 bits per heavy atom. The summed E-state index contributed by atoms with van der Waals surface area (Å²) < 4.78 is 75.6. The van der Waals surface area contributed by atoms with Crippen molar-refractivity contribution in [1.82, 2.24) is 15.4 Å². The smallest absolute Gasteiger partial charge is 0.420 e. The summed E-state index contributed by atoms with van der Waals surface area (Å²) in [5.74, 6) is -3.46. The molecule has 3 heterocycles. The highest BCUT2D eigenvalue weighted by molar-refractivity contribution is 7.84. The SMILES string of the molecule is NC1=[NH+][C@H]2[C@H](COC(=O)NS(=O)(=O)[O-])NC(N)=[N+]3[C@@H](OS(=O)(=O)[O-])CC(O)(O)[C@]23N1. The molecule has 0 bridgehead atoms. The number of hydrogen-bond acceptors (Lipinski definition) is 15. The van der Waals surface area contributed by atoms with E-state index in [-0.39, 0.29) is 5.96 Å². The molecule has 1 spiro atoms. The zero-order valence-electron chi connectivity index (χ0n) is 14.6. The second kappa shape index (κ2) is 6.76. The van der Waals surface area contributed by atoms with Crippen molar-refractivity contribution in [2.45, 2.75) is 36.2 Å². The highest BCUT2D eigenvalue weighted by atomic mass is 32.3. The summed E-state index contributed by atoms with van der Waals surface area (Å²) >= 11 is 0. The molecule has 30 heavy (non-hydrogen) atoms. The van der Waals surface area contributed by atoms with Gasteiger partial charge in [0.15, 0.2) is 16.3 Å². The fourth-order valence-corrected chi connectivity index (χ4v) is 4.48. The summed E-state index contributed by atoms with van der Waals surface area (Å²) in [6.07, 6.45) is -4.21. The molecule has 0 aliphatic carbocycles. The van der Waals surface area contributed by atoms with E-state index in [4.69, 9.17) is 11.5 Å². The van der Waals surface area contributed by atoms with E-state index in [1.165, 1.54) is 0 Å². The molecule has 0 aromatic heterocycles. The van der Waals surface area contributed by atoms with Gasteiger partial charge < -0.3 is 24.1 Å². The van der Waals surface area contributed by atoms with Crippen molar-refractivity contribution in [3.63, 3.8) is 0 Å². The minimum Gasteiger partial charge on any atom is -0.731 e. The number of guanidine groups is 2. The summed E-state index contributed by atoms with van der Waals surface area (Å²) in [5.41, 5.74) is 9.45. The van der Waals surface area contributed by atoms with E-state index >= 15 is 0 Å². The van der Waals surface area contributed by atoms with E-state index < -0.39 is 75.5 Å². The quantitative estimate of drug-likeness (QED) is 0.0792. The Balaban J connectivity index is 1.96. The molecule has 18 nitrogen and oxygen atoms in total. The van der Waals surface area contributed by atoms with Gasteiger partial charge in [-0.3, -0.25) is 21.8 Å². The summed E-state index contributed by atoms with van der Waals surface area (Å²) in [6.45, 7) is -0.675. The Hall–Kier alpha value is -2.49. The van der Waals surface area contributed by atoms with Crippen LogP contribution < -0.4 is 31.8 Å². The van der Waals surface area contributed by atoms with Gasteiger partial charge in [-0.1, -0.05) is 0 Å². The van der Waals surface area contributed by atoms with Crippen LogP contribution in [0.2, 0.25) is 0 Å². The standard InChI is InChI=1S/C10H17N7O11S2/c11-6-14-5-3(2-27-8(18)16-29(21,22)23)13-7(12)17-4(28-30(24,25)26)1-9(19,20)10(5,17)15-6/h3-5,19-20H,1-2H2,(H8,11,12,13,14,15,16,18,21,22,23,24,25,26)/t3-,4-,5-,10-/m0/s1. The first-order valence-electron chi connectivity index (χ1n) is 7.90. The molecule has 170 valence electrons. The molecule has 0 aromatic carbocycles. The zero-order valence-corrected chi connectivity index (χ0v) is 16.3. The van der Waals surface area contributed by atoms with Gasteiger partial charge in [0.25, 0.3) is 5.66 Å². The molecular formula is C10H17N7O11S2. The molecule has 1 saturated heterocycles. The van der Waals surface area contributed by atoms with Gasteiger partial charge in [-0.05, 0) is 0 Å². The lowest BCUT2D eigenvalue weighted by molar-refractivity contribution is -0.708. The lowest BCUT2D eigenvalue weighted by atomic mass is 9.87. The van der Waals surface area contributed by atoms with Gasteiger partial charge in [-0.15, -0.1) is 0 Å². The molecule has 0 radical (unpaired) electrons. The minimum absolute atomic E-state index is 0.226. The normalized spacial score (nSPS) is 32.4. The van der Waals surface area contributed by atoms with Crippen LogP contribution in [0.25, 0.3) is 0 Å². The van der Waals surface area contributed by atoms with Crippen LogP contribution in [-0.2, 0) is 29.6 Å². The molecule has 1 fully saturated rings. The topological polar surface area (TPSA) is 295 Å². The predicted molar refractivity (Wildman–Crippen MR) is 86.7 cm³/mol. The van der Waals surface area contributed by atoms with Crippen molar-refractivity contribution in [2.75, 3.05) is 6.61 Å². The Kier molecular flexibility index (Phi) is 5.00.